The summed E-state index contributed by atoms with van der Waals surface area (Å²) in [5.41, 5.74) is 4.29. The van der Waals surface area contributed by atoms with Gasteiger partial charge in [-0.25, -0.2) is 0 Å². The molecule has 0 aliphatic carbocycles. The summed E-state index contributed by atoms with van der Waals surface area (Å²) in [7, 11) is 0. The second-order valence-electron chi connectivity index (χ2n) is 10.3. The number of aliphatic hydroxyl groups excluding tert-OH is 1. The summed E-state index contributed by atoms with van der Waals surface area (Å²) in [6.45, 7) is 3.86. The zero-order valence-corrected chi connectivity index (χ0v) is 24.4. The van der Waals surface area contributed by atoms with E-state index in [9.17, 15) is 19.5 Å². The number of benzene rings is 3. The zero-order chi connectivity index (χ0) is 30.1. The van der Waals surface area contributed by atoms with Crippen LogP contribution < -0.4 is 10.6 Å². The number of hydrogen-bond acceptors (Lipinski definition) is 7. The van der Waals surface area contributed by atoms with E-state index in [4.69, 9.17) is 14.6 Å². The summed E-state index contributed by atoms with van der Waals surface area (Å²) >= 11 is 1.67. The van der Waals surface area contributed by atoms with Crippen LogP contribution in [0.3, 0.4) is 0 Å². The standard InChI is InChI=1S/C32H36N2O7S/c1-20-28(19-42-27-13-11-26(12-14-27)34-21(2)36)40-32(41-31(20)24-7-5-23(18-35)6-8-24)25-9-3-22(4-10-25)17-33-29(37)15-16-30(38)39/h3-14,20,28,31-32,35H,15-19H2,1-2H3,(H,33,37)(H,34,36)(H,38,39). The summed E-state index contributed by atoms with van der Waals surface area (Å²) < 4.78 is 13.0. The van der Waals surface area contributed by atoms with E-state index in [2.05, 4.69) is 17.6 Å². The lowest BCUT2D eigenvalue weighted by Crippen LogP contribution is -2.38. The van der Waals surface area contributed by atoms with Gasteiger partial charge in [0.1, 0.15) is 0 Å². The average Bonchev–Trinajstić information content (AvgIpc) is 2.99. The van der Waals surface area contributed by atoms with E-state index in [1.165, 1.54) is 6.92 Å². The quantitative estimate of drug-likeness (QED) is 0.211. The summed E-state index contributed by atoms with van der Waals surface area (Å²) in [6, 6.07) is 23.1. The van der Waals surface area contributed by atoms with Crippen LogP contribution in [0.5, 0.6) is 0 Å². The van der Waals surface area contributed by atoms with E-state index < -0.39 is 12.3 Å². The van der Waals surface area contributed by atoms with Gasteiger partial charge in [0.15, 0.2) is 6.29 Å². The van der Waals surface area contributed by atoms with Crippen LogP contribution >= 0.6 is 11.8 Å². The molecule has 3 aromatic carbocycles. The van der Waals surface area contributed by atoms with Crippen LogP contribution in [0.25, 0.3) is 0 Å². The van der Waals surface area contributed by atoms with Crippen LogP contribution in [0.15, 0.2) is 77.7 Å². The average molecular weight is 593 g/mol. The predicted octanol–water partition coefficient (Wildman–Crippen LogP) is 5.20. The molecule has 0 bridgehead atoms. The first-order chi connectivity index (χ1) is 20.2. The van der Waals surface area contributed by atoms with Gasteiger partial charge >= 0.3 is 5.97 Å². The van der Waals surface area contributed by atoms with Crippen molar-refractivity contribution in [2.24, 2.45) is 5.92 Å². The number of ether oxygens (including phenoxy) is 2. The first-order valence-corrected chi connectivity index (χ1v) is 14.8. The monoisotopic (exact) mass is 592 g/mol. The maximum absolute atomic E-state index is 11.9. The van der Waals surface area contributed by atoms with Crippen molar-refractivity contribution in [3.63, 3.8) is 0 Å². The minimum Gasteiger partial charge on any atom is -0.481 e. The predicted molar refractivity (Wildman–Crippen MR) is 160 cm³/mol. The highest BCUT2D eigenvalue weighted by molar-refractivity contribution is 7.99. The molecule has 0 aromatic heterocycles. The molecule has 1 fully saturated rings. The number of carbonyl (C=O) groups excluding carboxylic acids is 2. The SMILES string of the molecule is CC(=O)Nc1ccc(SCC2OC(c3ccc(CNC(=O)CCC(=O)O)cc3)OC(c3ccc(CO)cc3)C2C)cc1. The van der Waals surface area contributed by atoms with Crippen molar-refractivity contribution >= 4 is 35.2 Å². The van der Waals surface area contributed by atoms with Gasteiger partial charge in [-0.3, -0.25) is 14.4 Å². The molecule has 0 radical (unpaired) electrons. The molecule has 42 heavy (non-hydrogen) atoms. The number of thioether (sulfide) groups is 1. The van der Waals surface area contributed by atoms with Crippen LogP contribution in [-0.4, -0.2) is 39.9 Å². The second-order valence-corrected chi connectivity index (χ2v) is 11.3. The molecule has 1 aliphatic heterocycles. The van der Waals surface area contributed by atoms with E-state index in [-0.39, 0.29) is 49.4 Å². The molecule has 222 valence electrons. The van der Waals surface area contributed by atoms with Crippen molar-refractivity contribution in [2.75, 3.05) is 11.1 Å². The highest BCUT2D eigenvalue weighted by Crippen LogP contribution is 2.43. The topological polar surface area (TPSA) is 134 Å². The van der Waals surface area contributed by atoms with Gasteiger partial charge in [-0.05, 0) is 41.0 Å². The van der Waals surface area contributed by atoms with Crippen LogP contribution in [0.1, 0.15) is 61.3 Å². The summed E-state index contributed by atoms with van der Waals surface area (Å²) in [5, 5.41) is 23.8. The molecule has 4 rings (SSSR count). The Morgan fingerprint density at radius 1 is 0.857 bits per heavy atom. The number of amides is 2. The van der Waals surface area contributed by atoms with Gasteiger partial charge < -0.3 is 30.3 Å². The Bertz CT molecular complexity index is 1350. The molecule has 4 atom stereocenters. The molecule has 0 spiro atoms. The van der Waals surface area contributed by atoms with E-state index in [0.29, 0.717) is 12.3 Å². The fourth-order valence-corrected chi connectivity index (χ4v) is 5.70. The van der Waals surface area contributed by atoms with Gasteiger partial charge in [-0.2, -0.15) is 0 Å². The van der Waals surface area contributed by atoms with Crippen molar-refractivity contribution in [2.45, 2.75) is 63.2 Å². The van der Waals surface area contributed by atoms with Crippen molar-refractivity contribution in [1.82, 2.24) is 5.32 Å². The summed E-state index contributed by atoms with van der Waals surface area (Å²) in [6.07, 6.45) is -1.26. The number of rotatable bonds is 12. The van der Waals surface area contributed by atoms with E-state index >= 15 is 0 Å². The minimum absolute atomic E-state index is 0.0283. The van der Waals surface area contributed by atoms with Gasteiger partial charge in [0, 0.05) is 47.7 Å². The van der Waals surface area contributed by atoms with Crippen molar-refractivity contribution < 1.29 is 34.1 Å². The first-order valence-electron chi connectivity index (χ1n) is 13.8. The Kier molecular flexibility index (Phi) is 11.1. The highest BCUT2D eigenvalue weighted by atomic mass is 32.2. The first kappa shape index (κ1) is 31.2. The van der Waals surface area contributed by atoms with Crippen LogP contribution in [0.4, 0.5) is 5.69 Å². The molecule has 3 aromatic rings. The number of nitrogens with one attached hydrogen (secondary N) is 2. The molecule has 2 amide bonds. The Hall–Kier alpha value is -3.70. The smallest absolute Gasteiger partial charge is 0.303 e. The van der Waals surface area contributed by atoms with Crippen LogP contribution in [0, 0.1) is 5.92 Å². The van der Waals surface area contributed by atoms with E-state index in [1.54, 1.807) is 11.8 Å². The Morgan fingerprint density at radius 2 is 1.50 bits per heavy atom. The van der Waals surface area contributed by atoms with Crippen LogP contribution in [-0.2, 0) is 37.0 Å². The lowest BCUT2D eigenvalue weighted by atomic mass is 9.91. The number of carboxylic acids is 1. The molecular weight excluding hydrogens is 556 g/mol. The fourth-order valence-electron chi connectivity index (χ4n) is 4.63. The van der Waals surface area contributed by atoms with Crippen molar-refractivity contribution in [3.8, 4) is 0 Å². The lowest BCUT2D eigenvalue weighted by molar-refractivity contribution is -0.268. The number of hydrogen-bond donors (Lipinski definition) is 4. The van der Waals surface area contributed by atoms with Gasteiger partial charge in [0.05, 0.1) is 25.2 Å². The number of aliphatic carboxylic acids is 1. The molecule has 1 heterocycles. The fraction of sp³-hybridized carbons (Fsp3) is 0.344. The molecule has 10 heteroatoms. The summed E-state index contributed by atoms with van der Waals surface area (Å²) in [5.74, 6) is -0.707. The van der Waals surface area contributed by atoms with E-state index in [0.717, 1.165) is 32.8 Å². The van der Waals surface area contributed by atoms with Crippen molar-refractivity contribution in [1.29, 1.82) is 0 Å². The summed E-state index contributed by atoms with van der Waals surface area (Å²) in [4.78, 5) is 35.0. The molecular formula is C32H36N2O7S. The zero-order valence-electron chi connectivity index (χ0n) is 23.6. The third-order valence-corrected chi connectivity index (χ3v) is 8.12. The number of anilines is 1. The van der Waals surface area contributed by atoms with E-state index in [1.807, 2.05) is 72.8 Å². The molecule has 1 aliphatic rings. The third-order valence-electron chi connectivity index (χ3n) is 7.02. The minimum atomic E-state index is -1.00. The van der Waals surface area contributed by atoms with Crippen molar-refractivity contribution in [3.05, 3.63) is 95.1 Å². The third kappa shape index (κ3) is 8.90. The maximum Gasteiger partial charge on any atom is 0.303 e. The Labute approximate surface area is 249 Å². The van der Waals surface area contributed by atoms with Gasteiger partial charge in [-0.15, -0.1) is 11.8 Å². The Balaban J connectivity index is 1.46. The molecule has 4 unspecified atom stereocenters. The lowest BCUT2D eigenvalue weighted by Gasteiger charge is -2.41. The van der Waals surface area contributed by atoms with Gasteiger partial charge in [-0.1, -0.05) is 55.5 Å². The molecule has 4 N–H and O–H groups in total. The second kappa shape index (κ2) is 15.0. The Morgan fingerprint density at radius 3 is 2.12 bits per heavy atom. The maximum atomic E-state index is 11.9. The van der Waals surface area contributed by atoms with Gasteiger partial charge in [0.2, 0.25) is 11.8 Å². The highest BCUT2D eigenvalue weighted by Gasteiger charge is 2.38. The largest absolute Gasteiger partial charge is 0.481 e. The molecule has 1 saturated heterocycles. The van der Waals surface area contributed by atoms with Crippen LogP contribution in [0.2, 0.25) is 0 Å². The number of carbonyl (C=O) groups is 3. The number of carboxylic acid groups (broad SMARTS) is 1. The normalized spacial score (nSPS) is 20.1. The van der Waals surface area contributed by atoms with Gasteiger partial charge in [0.25, 0.3) is 0 Å². The number of aliphatic hydroxyl groups is 1. The molecule has 0 saturated carbocycles. The molecule has 9 nitrogen and oxygen atoms in total.